The first-order chi connectivity index (χ1) is 30.5. The molecule has 0 bridgehead atoms. The van der Waals surface area contributed by atoms with E-state index in [9.17, 15) is 9.59 Å². The number of nitrogens with zero attached hydrogens (tertiary/aromatic N) is 4. The molecule has 6 heteroatoms. The van der Waals surface area contributed by atoms with E-state index in [1.807, 2.05) is 0 Å². The van der Waals surface area contributed by atoms with Gasteiger partial charge in [-0.3, -0.25) is 14.5 Å². The number of carbonyl (C=O) groups excluding carboxylic acids is 2. The lowest BCUT2D eigenvalue weighted by Crippen LogP contribution is -2.53. The molecule has 0 aromatic carbocycles. The van der Waals surface area contributed by atoms with Crippen LogP contribution in [0.2, 0.25) is 0 Å². The van der Waals surface area contributed by atoms with Gasteiger partial charge in [0, 0.05) is 45.7 Å². The molecule has 0 N–H and O–H groups in total. The molecule has 1 heterocycles. The molecule has 0 spiro atoms. The zero-order valence-corrected chi connectivity index (χ0v) is 43.1. The molecule has 0 radical (unpaired) electrons. The van der Waals surface area contributed by atoms with Gasteiger partial charge >= 0.3 is 0 Å². The topological polar surface area (TPSA) is 47.1 Å². The lowest BCUT2D eigenvalue weighted by atomic mass is 9.91. The molecule has 0 atom stereocenters. The maximum absolute atomic E-state index is 14.0. The van der Waals surface area contributed by atoms with Crippen molar-refractivity contribution in [2.75, 3.05) is 65.4 Å². The number of carbonyl (C=O) groups is 2. The summed E-state index contributed by atoms with van der Waals surface area (Å²) in [4.78, 5) is 37.2. The van der Waals surface area contributed by atoms with E-state index in [2.05, 4.69) is 54.2 Å². The van der Waals surface area contributed by atoms with Crippen LogP contribution in [0.4, 0.5) is 0 Å². The summed E-state index contributed by atoms with van der Waals surface area (Å²) in [6.45, 7) is 20.3. The highest BCUT2D eigenvalue weighted by Crippen LogP contribution is 2.24. The second kappa shape index (κ2) is 47.4. The smallest absolute Gasteiger partial charge is 0.236 e. The van der Waals surface area contributed by atoms with Crippen LogP contribution >= 0.6 is 0 Å². The maximum atomic E-state index is 14.0. The van der Waals surface area contributed by atoms with Crippen molar-refractivity contribution >= 4 is 11.8 Å². The van der Waals surface area contributed by atoms with Crippen LogP contribution in [-0.2, 0) is 9.59 Å². The molecule has 0 aromatic heterocycles. The molecular formula is C57H116N4O2. The SMILES string of the molecule is C.CCCCCCCCCC(CCCCCCCCC)CC(=O)N1CCN(C(=O)CN(CCCCCCCCC)CCN(CCCCCCCCC)CCCCCCCCC)CC1. The van der Waals surface area contributed by atoms with Gasteiger partial charge in [-0.2, -0.15) is 0 Å². The monoisotopic (exact) mass is 889 g/mol. The molecule has 1 aliphatic rings. The van der Waals surface area contributed by atoms with E-state index >= 15 is 0 Å². The fourth-order valence-corrected chi connectivity index (χ4v) is 9.77. The summed E-state index contributed by atoms with van der Waals surface area (Å²) in [6.07, 6.45) is 50.0. The molecule has 1 rings (SSSR count). The average Bonchev–Trinajstić information content (AvgIpc) is 3.28. The van der Waals surface area contributed by atoms with Gasteiger partial charge < -0.3 is 14.7 Å². The van der Waals surface area contributed by atoms with Crippen LogP contribution in [0.15, 0.2) is 0 Å². The fraction of sp³-hybridized carbons (Fsp3) is 0.965. The van der Waals surface area contributed by atoms with E-state index in [-0.39, 0.29) is 13.3 Å². The third-order valence-corrected chi connectivity index (χ3v) is 14.2. The van der Waals surface area contributed by atoms with Crippen LogP contribution < -0.4 is 0 Å². The summed E-state index contributed by atoms with van der Waals surface area (Å²) in [5, 5.41) is 0. The highest BCUT2D eigenvalue weighted by atomic mass is 16.2. The van der Waals surface area contributed by atoms with Gasteiger partial charge in [0.25, 0.3) is 0 Å². The lowest BCUT2D eigenvalue weighted by molar-refractivity contribution is -0.140. The molecule has 1 fully saturated rings. The van der Waals surface area contributed by atoms with Crippen LogP contribution in [0.5, 0.6) is 0 Å². The van der Waals surface area contributed by atoms with Crippen molar-refractivity contribution in [3.05, 3.63) is 0 Å². The minimum absolute atomic E-state index is 0. The Kier molecular flexibility index (Phi) is 46.5. The van der Waals surface area contributed by atoms with Gasteiger partial charge in [-0.05, 0) is 57.7 Å². The second-order valence-electron chi connectivity index (χ2n) is 20.1. The van der Waals surface area contributed by atoms with Crippen molar-refractivity contribution in [2.24, 2.45) is 5.92 Å². The van der Waals surface area contributed by atoms with Gasteiger partial charge in [0.05, 0.1) is 6.54 Å². The van der Waals surface area contributed by atoms with E-state index in [4.69, 9.17) is 0 Å². The predicted octanol–water partition coefficient (Wildman–Crippen LogP) is 16.4. The van der Waals surface area contributed by atoms with E-state index in [0.717, 1.165) is 19.6 Å². The first-order valence-electron chi connectivity index (χ1n) is 28.5. The zero-order valence-electron chi connectivity index (χ0n) is 43.1. The van der Waals surface area contributed by atoms with Gasteiger partial charge in [-0.25, -0.2) is 0 Å². The van der Waals surface area contributed by atoms with Crippen molar-refractivity contribution in [1.29, 1.82) is 0 Å². The minimum Gasteiger partial charge on any atom is -0.339 e. The second-order valence-corrected chi connectivity index (χ2v) is 20.1. The van der Waals surface area contributed by atoms with E-state index < -0.39 is 0 Å². The molecular weight excluding hydrogens is 773 g/mol. The normalized spacial score (nSPS) is 13.2. The van der Waals surface area contributed by atoms with Crippen LogP contribution in [0, 0.1) is 5.92 Å². The summed E-state index contributed by atoms with van der Waals surface area (Å²) < 4.78 is 0. The van der Waals surface area contributed by atoms with Crippen LogP contribution in [-0.4, -0.2) is 96.9 Å². The molecule has 63 heavy (non-hydrogen) atoms. The van der Waals surface area contributed by atoms with E-state index in [1.54, 1.807) is 0 Å². The van der Waals surface area contributed by atoms with Crippen molar-refractivity contribution in [1.82, 2.24) is 19.6 Å². The van der Waals surface area contributed by atoms with Crippen molar-refractivity contribution in [3.63, 3.8) is 0 Å². The number of piperazine rings is 1. The summed E-state index contributed by atoms with van der Waals surface area (Å²) >= 11 is 0. The zero-order chi connectivity index (χ0) is 45.0. The molecule has 1 saturated heterocycles. The molecule has 2 amide bonds. The van der Waals surface area contributed by atoms with Gasteiger partial charge in [0.15, 0.2) is 0 Å². The molecule has 0 unspecified atom stereocenters. The minimum atomic E-state index is 0. The largest absolute Gasteiger partial charge is 0.339 e. The number of unbranched alkanes of at least 4 members (excludes halogenated alkanes) is 30. The van der Waals surface area contributed by atoms with Gasteiger partial charge in [-0.1, -0.05) is 248 Å². The Morgan fingerprint density at radius 1 is 0.349 bits per heavy atom. The Balaban J connectivity index is 0.0000384. The van der Waals surface area contributed by atoms with Crippen molar-refractivity contribution in [2.45, 2.75) is 286 Å². The summed E-state index contributed by atoms with van der Waals surface area (Å²) in [6, 6.07) is 0. The summed E-state index contributed by atoms with van der Waals surface area (Å²) in [5.74, 6) is 1.14. The highest BCUT2D eigenvalue weighted by Gasteiger charge is 2.27. The molecule has 6 nitrogen and oxygen atoms in total. The first kappa shape index (κ1) is 61.9. The highest BCUT2D eigenvalue weighted by molar-refractivity contribution is 5.79. The number of amides is 2. The third kappa shape index (κ3) is 37.6. The lowest BCUT2D eigenvalue weighted by Gasteiger charge is -2.36. The maximum Gasteiger partial charge on any atom is 0.236 e. The standard InChI is InChI=1S/C56H112N4O2.CH4/c1-6-11-16-21-26-31-36-41-54(42-37-32-27-22-17-12-7-2)52-55(61)59-48-50-60(51-49-59)56(62)53-58(45-40-35-30-25-20-15-10-5)47-46-57(43-38-33-28-23-18-13-8-3)44-39-34-29-24-19-14-9-4;/h54H,6-53H2,1-5H3;1H4. The molecule has 1 aliphatic heterocycles. The Morgan fingerprint density at radius 2 is 0.619 bits per heavy atom. The number of rotatable bonds is 47. The fourth-order valence-electron chi connectivity index (χ4n) is 9.77. The molecule has 0 saturated carbocycles. The Hall–Kier alpha value is -1.14. The molecule has 0 aliphatic carbocycles. The van der Waals surface area contributed by atoms with Crippen LogP contribution in [0.3, 0.4) is 0 Å². The Bertz CT molecular complexity index is 916. The first-order valence-corrected chi connectivity index (χ1v) is 28.5. The van der Waals surface area contributed by atoms with E-state index in [0.29, 0.717) is 51.0 Å². The summed E-state index contributed by atoms with van der Waals surface area (Å²) in [7, 11) is 0. The van der Waals surface area contributed by atoms with Crippen LogP contribution in [0.1, 0.15) is 286 Å². The Morgan fingerprint density at radius 3 is 0.968 bits per heavy atom. The van der Waals surface area contributed by atoms with Gasteiger partial charge in [0.2, 0.25) is 11.8 Å². The van der Waals surface area contributed by atoms with E-state index in [1.165, 1.54) is 251 Å². The third-order valence-electron chi connectivity index (χ3n) is 14.2. The van der Waals surface area contributed by atoms with Crippen molar-refractivity contribution in [3.8, 4) is 0 Å². The number of hydrogen-bond acceptors (Lipinski definition) is 4. The van der Waals surface area contributed by atoms with Crippen LogP contribution in [0.25, 0.3) is 0 Å². The van der Waals surface area contributed by atoms with Gasteiger partial charge in [0.1, 0.15) is 0 Å². The summed E-state index contributed by atoms with van der Waals surface area (Å²) in [5.41, 5.74) is 0. The quantitative estimate of drug-likeness (QED) is 0.0571. The number of hydrogen-bond donors (Lipinski definition) is 0. The molecule has 376 valence electrons. The molecule has 0 aromatic rings. The van der Waals surface area contributed by atoms with Gasteiger partial charge in [-0.15, -0.1) is 0 Å². The van der Waals surface area contributed by atoms with Crippen molar-refractivity contribution < 1.29 is 9.59 Å². The predicted molar refractivity (Wildman–Crippen MR) is 280 cm³/mol. The average molecular weight is 890 g/mol. The Labute approximate surface area is 397 Å².